The van der Waals surface area contributed by atoms with E-state index in [9.17, 15) is 9.59 Å². The van der Waals surface area contributed by atoms with Gasteiger partial charge >= 0.3 is 5.97 Å². The SMILES string of the molecule is CCOC(=O)[C@@H]1CCCN(CC(=O)Nc2ccc3c(c2)OCO3)C1. The van der Waals surface area contributed by atoms with Gasteiger partial charge in [0.05, 0.1) is 19.1 Å². The van der Waals surface area contributed by atoms with Crippen LogP contribution >= 0.6 is 0 Å². The predicted octanol–water partition coefficient (Wildman–Crippen LogP) is 1.63. The number of likely N-dealkylation sites (tertiary alicyclic amines) is 1. The normalized spacial score (nSPS) is 19.8. The lowest BCUT2D eigenvalue weighted by atomic mass is 9.98. The number of amides is 1. The number of fused-ring (bicyclic) bond motifs is 1. The smallest absolute Gasteiger partial charge is 0.310 e. The second-order valence-corrected chi connectivity index (χ2v) is 5.94. The summed E-state index contributed by atoms with van der Waals surface area (Å²) in [5.74, 6) is 0.892. The van der Waals surface area contributed by atoms with E-state index in [0.717, 1.165) is 19.4 Å². The minimum Gasteiger partial charge on any atom is -0.466 e. The second kappa shape index (κ2) is 7.53. The largest absolute Gasteiger partial charge is 0.466 e. The first-order valence-electron chi connectivity index (χ1n) is 8.24. The van der Waals surface area contributed by atoms with Crippen molar-refractivity contribution in [2.24, 2.45) is 5.92 Å². The van der Waals surface area contributed by atoms with Crippen molar-refractivity contribution in [3.8, 4) is 11.5 Å². The Morgan fingerprint density at radius 3 is 3.00 bits per heavy atom. The van der Waals surface area contributed by atoms with Gasteiger partial charge in [0.2, 0.25) is 12.7 Å². The molecule has 1 atom stereocenters. The average molecular weight is 334 g/mol. The van der Waals surface area contributed by atoms with Crippen LogP contribution in [0.15, 0.2) is 18.2 Å². The number of hydrogen-bond donors (Lipinski definition) is 1. The van der Waals surface area contributed by atoms with Gasteiger partial charge in [0.25, 0.3) is 0 Å². The number of benzene rings is 1. The Labute approximate surface area is 140 Å². The predicted molar refractivity (Wildman–Crippen MR) is 87.0 cm³/mol. The van der Waals surface area contributed by atoms with E-state index in [-0.39, 0.29) is 31.1 Å². The highest BCUT2D eigenvalue weighted by atomic mass is 16.7. The summed E-state index contributed by atoms with van der Waals surface area (Å²) in [5.41, 5.74) is 0.670. The van der Waals surface area contributed by atoms with Crippen molar-refractivity contribution >= 4 is 17.6 Å². The number of rotatable bonds is 5. The molecule has 7 nitrogen and oxygen atoms in total. The van der Waals surface area contributed by atoms with Crippen molar-refractivity contribution in [1.82, 2.24) is 4.90 Å². The van der Waals surface area contributed by atoms with Crippen molar-refractivity contribution in [2.45, 2.75) is 19.8 Å². The zero-order valence-corrected chi connectivity index (χ0v) is 13.7. The van der Waals surface area contributed by atoms with Gasteiger partial charge in [-0.3, -0.25) is 14.5 Å². The highest BCUT2D eigenvalue weighted by Crippen LogP contribution is 2.34. The molecule has 2 aliphatic rings. The molecule has 1 aromatic rings. The van der Waals surface area contributed by atoms with Gasteiger partial charge < -0.3 is 19.5 Å². The van der Waals surface area contributed by atoms with E-state index in [1.807, 2.05) is 4.90 Å². The molecule has 3 rings (SSSR count). The molecule has 130 valence electrons. The summed E-state index contributed by atoms with van der Waals surface area (Å²) < 4.78 is 15.6. The molecule has 2 heterocycles. The maximum atomic E-state index is 12.2. The maximum Gasteiger partial charge on any atom is 0.310 e. The van der Waals surface area contributed by atoms with Crippen LogP contribution in [0, 0.1) is 5.92 Å². The summed E-state index contributed by atoms with van der Waals surface area (Å²) >= 11 is 0. The molecule has 0 bridgehead atoms. The number of ether oxygens (including phenoxy) is 3. The van der Waals surface area contributed by atoms with Gasteiger partial charge in [-0.25, -0.2) is 0 Å². The lowest BCUT2D eigenvalue weighted by Crippen LogP contribution is -2.43. The van der Waals surface area contributed by atoms with E-state index in [1.165, 1.54) is 0 Å². The third-order valence-corrected chi connectivity index (χ3v) is 4.15. The minimum atomic E-state index is -0.168. The number of esters is 1. The molecular formula is C17H22N2O5. The Morgan fingerprint density at radius 1 is 1.33 bits per heavy atom. The Balaban J connectivity index is 1.52. The number of hydrogen-bond acceptors (Lipinski definition) is 6. The van der Waals surface area contributed by atoms with Gasteiger partial charge in [-0.15, -0.1) is 0 Å². The van der Waals surface area contributed by atoms with Crippen LogP contribution in [-0.4, -0.2) is 49.8 Å². The molecule has 0 radical (unpaired) electrons. The summed E-state index contributed by atoms with van der Waals surface area (Å²) in [6.07, 6.45) is 1.71. The van der Waals surface area contributed by atoms with Gasteiger partial charge in [0, 0.05) is 18.3 Å². The molecule has 2 aliphatic heterocycles. The minimum absolute atomic E-state index is 0.113. The Bertz CT molecular complexity index is 619. The second-order valence-electron chi connectivity index (χ2n) is 5.94. The topological polar surface area (TPSA) is 77.1 Å². The molecule has 0 saturated carbocycles. The van der Waals surface area contributed by atoms with E-state index in [0.29, 0.717) is 30.3 Å². The molecule has 0 aliphatic carbocycles. The molecule has 1 amide bonds. The van der Waals surface area contributed by atoms with Crippen molar-refractivity contribution in [3.63, 3.8) is 0 Å². The van der Waals surface area contributed by atoms with Crippen LogP contribution in [0.2, 0.25) is 0 Å². The van der Waals surface area contributed by atoms with E-state index in [1.54, 1.807) is 25.1 Å². The van der Waals surface area contributed by atoms with Crippen molar-refractivity contribution in [1.29, 1.82) is 0 Å². The fraction of sp³-hybridized carbons (Fsp3) is 0.529. The van der Waals surface area contributed by atoms with Gasteiger partial charge in [-0.2, -0.15) is 0 Å². The average Bonchev–Trinajstić information content (AvgIpc) is 3.03. The van der Waals surface area contributed by atoms with Crippen molar-refractivity contribution < 1.29 is 23.8 Å². The van der Waals surface area contributed by atoms with Gasteiger partial charge in [-0.1, -0.05) is 0 Å². The molecule has 24 heavy (non-hydrogen) atoms. The summed E-state index contributed by atoms with van der Waals surface area (Å²) in [6, 6.07) is 5.30. The Hall–Kier alpha value is -2.28. The zero-order chi connectivity index (χ0) is 16.9. The molecule has 0 spiro atoms. The van der Waals surface area contributed by atoms with Crippen LogP contribution in [0.1, 0.15) is 19.8 Å². The standard InChI is InChI=1S/C17H22N2O5/c1-2-22-17(21)12-4-3-7-19(9-12)10-16(20)18-13-5-6-14-15(8-13)24-11-23-14/h5-6,8,12H,2-4,7,9-11H2,1H3,(H,18,20)/t12-/m1/s1. The quantitative estimate of drug-likeness (QED) is 0.825. The summed E-state index contributed by atoms with van der Waals surface area (Å²) in [4.78, 5) is 26.1. The third kappa shape index (κ3) is 3.97. The number of nitrogens with one attached hydrogen (secondary N) is 1. The summed E-state index contributed by atoms with van der Waals surface area (Å²) in [7, 11) is 0. The first-order valence-corrected chi connectivity index (χ1v) is 8.24. The van der Waals surface area contributed by atoms with E-state index >= 15 is 0 Å². The summed E-state index contributed by atoms with van der Waals surface area (Å²) in [6.45, 7) is 4.02. The first kappa shape index (κ1) is 16.6. The summed E-state index contributed by atoms with van der Waals surface area (Å²) in [5, 5.41) is 2.86. The highest BCUT2D eigenvalue weighted by molar-refractivity contribution is 5.92. The van der Waals surface area contributed by atoms with Crippen LogP contribution in [-0.2, 0) is 14.3 Å². The third-order valence-electron chi connectivity index (χ3n) is 4.15. The molecule has 0 unspecified atom stereocenters. The van der Waals surface area contributed by atoms with Crippen molar-refractivity contribution in [3.05, 3.63) is 18.2 Å². The molecule has 7 heteroatoms. The highest BCUT2D eigenvalue weighted by Gasteiger charge is 2.27. The van der Waals surface area contributed by atoms with Crippen LogP contribution in [0.5, 0.6) is 11.5 Å². The van der Waals surface area contributed by atoms with Crippen LogP contribution in [0.3, 0.4) is 0 Å². The van der Waals surface area contributed by atoms with Gasteiger partial charge in [0.15, 0.2) is 11.5 Å². The Kier molecular flexibility index (Phi) is 5.20. The molecular weight excluding hydrogens is 312 g/mol. The molecule has 0 aromatic heterocycles. The number of piperidine rings is 1. The van der Waals surface area contributed by atoms with Gasteiger partial charge in [-0.05, 0) is 38.4 Å². The van der Waals surface area contributed by atoms with E-state index in [2.05, 4.69) is 5.32 Å². The zero-order valence-electron chi connectivity index (χ0n) is 13.7. The monoisotopic (exact) mass is 334 g/mol. The number of carbonyl (C=O) groups is 2. The van der Waals surface area contributed by atoms with Crippen LogP contribution < -0.4 is 14.8 Å². The lowest BCUT2D eigenvalue weighted by molar-refractivity contribution is -0.150. The van der Waals surface area contributed by atoms with E-state index in [4.69, 9.17) is 14.2 Å². The number of nitrogens with zero attached hydrogens (tertiary/aromatic N) is 1. The lowest BCUT2D eigenvalue weighted by Gasteiger charge is -2.30. The molecule has 1 saturated heterocycles. The van der Waals surface area contributed by atoms with Crippen molar-refractivity contribution in [2.75, 3.05) is 38.4 Å². The first-order chi connectivity index (χ1) is 11.7. The Morgan fingerprint density at radius 2 is 2.17 bits per heavy atom. The maximum absolute atomic E-state index is 12.2. The molecule has 1 N–H and O–H groups in total. The van der Waals surface area contributed by atoms with Crippen LogP contribution in [0.25, 0.3) is 0 Å². The molecule has 1 aromatic carbocycles. The van der Waals surface area contributed by atoms with E-state index < -0.39 is 0 Å². The molecule has 1 fully saturated rings. The fourth-order valence-electron chi connectivity index (χ4n) is 3.03. The van der Waals surface area contributed by atoms with Crippen LogP contribution in [0.4, 0.5) is 5.69 Å². The number of carbonyl (C=O) groups excluding carboxylic acids is 2. The van der Waals surface area contributed by atoms with Gasteiger partial charge in [0.1, 0.15) is 0 Å². The fourth-order valence-corrected chi connectivity index (χ4v) is 3.03. The number of anilines is 1.